The molecule has 0 saturated carbocycles. The summed E-state index contributed by atoms with van der Waals surface area (Å²) in [6.07, 6.45) is 0. The van der Waals surface area contributed by atoms with E-state index in [1.54, 1.807) is 12.1 Å². The van der Waals surface area contributed by atoms with Crippen LogP contribution in [0.25, 0.3) is 0 Å². The third kappa shape index (κ3) is 5.58. The molecule has 0 unspecified atom stereocenters. The van der Waals surface area contributed by atoms with Gasteiger partial charge < -0.3 is 4.74 Å². The van der Waals surface area contributed by atoms with Crippen molar-refractivity contribution in [2.24, 2.45) is 0 Å². The molecule has 0 saturated heterocycles. The summed E-state index contributed by atoms with van der Waals surface area (Å²) in [5.41, 5.74) is 0. The summed E-state index contributed by atoms with van der Waals surface area (Å²) >= 11 is 1.33. The number of thioether (sulfide) groups is 1. The largest absolute Gasteiger partial charge is 0.478 e. The van der Waals surface area contributed by atoms with Crippen LogP contribution in [0.15, 0.2) is 23.2 Å². The Labute approximate surface area is 104 Å². The van der Waals surface area contributed by atoms with Crippen molar-refractivity contribution >= 4 is 31.5 Å². The standard InChI is InChI=1S/C9H12ClNO3S2/c1-2-14-8-4-3-5-9(11-8)15-6-7-16(10,12)13/h3-5H,2,6-7H2,1H3. The summed E-state index contributed by atoms with van der Waals surface area (Å²) in [4.78, 5) is 4.18. The number of hydrogen-bond acceptors (Lipinski definition) is 5. The Kier molecular flexibility index (Phi) is 5.37. The van der Waals surface area contributed by atoms with Gasteiger partial charge in [0, 0.05) is 22.5 Å². The number of aromatic nitrogens is 1. The van der Waals surface area contributed by atoms with E-state index in [1.807, 2.05) is 13.0 Å². The SMILES string of the molecule is CCOc1cccc(SCCS(=O)(=O)Cl)n1. The molecule has 0 atom stereocenters. The average Bonchev–Trinajstić information content (AvgIpc) is 2.17. The van der Waals surface area contributed by atoms with Gasteiger partial charge in [-0.25, -0.2) is 13.4 Å². The lowest BCUT2D eigenvalue weighted by molar-refractivity contribution is 0.324. The molecule has 4 nitrogen and oxygen atoms in total. The van der Waals surface area contributed by atoms with Crippen LogP contribution in [0.5, 0.6) is 5.88 Å². The predicted octanol–water partition coefficient (Wildman–Crippen LogP) is 2.14. The highest BCUT2D eigenvalue weighted by molar-refractivity contribution is 8.14. The molecule has 1 heterocycles. The summed E-state index contributed by atoms with van der Waals surface area (Å²) in [6, 6.07) is 5.37. The maximum absolute atomic E-state index is 10.7. The number of pyridine rings is 1. The van der Waals surface area contributed by atoms with Gasteiger partial charge in [-0.1, -0.05) is 6.07 Å². The van der Waals surface area contributed by atoms with Crippen LogP contribution in [0.1, 0.15) is 6.92 Å². The Morgan fingerprint density at radius 1 is 1.50 bits per heavy atom. The third-order valence-electron chi connectivity index (χ3n) is 1.57. The minimum absolute atomic E-state index is 0.0697. The van der Waals surface area contributed by atoms with Gasteiger partial charge in [0.05, 0.1) is 12.4 Å². The molecule has 16 heavy (non-hydrogen) atoms. The van der Waals surface area contributed by atoms with Gasteiger partial charge in [0.1, 0.15) is 5.03 Å². The van der Waals surface area contributed by atoms with Gasteiger partial charge in [0.25, 0.3) is 0 Å². The van der Waals surface area contributed by atoms with Crippen molar-refractivity contribution in [3.8, 4) is 5.88 Å². The van der Waals surface area contributed by atoms with Gasteiger partial charge in [-0.3, -0.25) is 0 Å². The van der Waals surface area contributed by atoms with Crippen molar-refractivity contribution in [3.05, 3.63) is 18.2 Å². The lowest BCUT2D eigenvalue weighted by Gasteiger charge is -2.03. The molecule has 0 aliphatic heterocycles. The Balaban J connectivity index is 2.51. The van der Waals surface area contributed by atoms with Crippen LogP contribution >= 0.6 is 22.4 Å². The number of nitrogens with zero attached hydrogens (tertiary/aromatic N) is 1. The van der Waals surface area contributed by atoms with Crippen molar-refractivity contribution < 1.29 is 13.2 Å². The van der Waals surface area contributed by atoms with Gasteiger partial charge >= 0.3 is 0 Å². The van der Waals surface area contributed by atoms with Gasteiger partial charge in [-0.05, 0) is 13.0 Å². The Hall–Kier alpha value is -0.460. The molecule has 0 radical (unpaired) electrons. The molecule has 0 amide bonds. The fourth-order valence-electron chi connectivity index (χ4n) is 0.950. The van der Waals surface area contributed by atoms with Gasteiger partial charge in [-0.15, -0.1) is 11.8 Å². The molecule has 0 spiro atoms. The van der Waals surface area contributed by atoms with Crippen molar-refractivity contribution in [1.82, 2.24) is 4.98 Å². The molecule has 0 bridgehead atoms. The second-order valence-electron chi connectivity index (χ2n) is 2.84. The van der Waals surface area contributed by atoms with Crippen LogP contribution in [-0.4, -0.2) is 31.5 Å². The first kappa shape index (κ1) is 13.6. The molecule has 90 valence electrons. The highest BCUT2D eigenvalue weighted by Gasteiger charge is 2.06. The molecule has 0 aliphatic rings. The summed E-state index contributed by atoms with van der Waals surface area (Å²) in [6.45, 7) is 2.43. The molecule has 1 aromatic heterocycles. The molecule has 0 aliphatic carbocycles. The van der Waals surface area contributed by atoms with E-state index in [-0.39, 0.29) is 5.75 Å². The van der Waals surface area contributed by atoms with E-state index in [1.165, 1.54) is 11.8 Å². The maximum Gasteiger partial charge on any atom is 0.233 e. The lowest BCUT2D eigenvalue weighted by Crippen LogP contribution is -2.00. The Morgan fingerprint density at radius 2 is 2.25 bits per heavy atom. The van der Waals surface area contributed by atoms with E-state index in [0.717, 1.165) is 5.03 Å². The number of ether oxygens (including phenoxy) is 1. The Morgan fingerprint density at radius 3 is 2.88 bits per heavy atom. The maximum atomic E-state index is 10.7. The molecule has 1 rings (SSSR count). The lowest BCUT2D eigenvalue weighted by atomic mass is 10.5. The molecule has 0 aromatic carbocycles. The summed E-state index contributed by atoms with van der Waals surface area (Å²) in [7, 11) is 1.67. The summed E-state index contributed by atoms with van der Waals surface area (Å²) in [5.74, 6) is 0.856. The fourth-order valence-corrected chi connectivity index (χ4v) is 3.19. The second-order valence-corrected chi connectivity index (χ2v) is 6.85. The first-order valence-electron chi connectivity index (χ1n) is 4.66. The van der Waals surface area contributed by atoms with Crippen LogP contribution in [0, 0.1) is 0 Å². The number of rotatable bonds is 6. The highest BCUT2D eigenvalue weighted by Crippen LogP contribution is 2.19. The molecule has 7 heteroatoms. The van der Waals surface area contributed by atoms with Crippen molar-refractivity contribution in [2.45, 2.75) is 11.9 Å². The average molecular weight is 282 g/mol. The van der Waals surface area contributed by atoms with E-state index >= 15 is 0 Å². The topological polar surface area (TPSA) is 56.3 Å². The zero-order valence-electron chi connectivity index (χ0n) is 8.72. The van der Waals surface area contributed by atoms with Gasteiger partial charge in [0.15, 0.2) is 0 Å². The fraction of sp³-hybridized carbons (Fsp3) is 0.444. The van der Waals surface area contributed by atoms with Crippen LogP contribution in [0.2, 0.25) is 0 Å². The molecular formula is C9H12ClNO3S2. The normalized spacial score (nSPS) is 11.4. The van der Waals surface area contributed by atoms with Crippen LogP contribution in [0.3, 0.4) is 0 Å². The van der Waals surface area contributed by atoms with E-state index in [4.69, 9.17) is 15.4 Å². The Bertz CT molecular complexity index is 436. The van der Waals surface area contributed by atoms with E-state index in [2.05, 4.69) is 4.98 Å². The smallest absolute Gasteiger partial charge is 0.233 e. The molecule has 0 fully saturated rings. The van der Waals surface area contributed by atoms with E-state index < -0.39 is 9.05 Å². The van der Waals surface area contributed by atoms with Crippen LogP contribution in [0.4, 0.5) is 0 Å². The van der Waals surface area contributed by atoms with Gasteiger partial charge in [-0.2, -0.15) is 0 Å². The minimum atomic E-state index is -3.42. The van der Waals surface area contributed by atoms with E-state index in [9.17, 15) is 8.42 Å². The highest BCUT2D eigenvalue weighted by atomic mass is 35.7. The zero-order valence-corrected chi connectivity index (χ0v) is 11.1. The number of halogens is 1. The number of hydrogen-bond donors (Lipinski definition) is 0. The van der Waals surface area contributed by atoms with Crippen molar-refractivity contribution in [3.63, 3.8) is 0 Å². The van der Waals surface area contributed by atoms with Crippen LogP contribution < -0.4 is 4.74 Å². The minimum Gasteiger partial charge on any atom is -0.478 e. The van der Waals surface area contributed by atoms with Crippen molar-refractivity contribution in [2.75, 3.05) is 18.1 Å². The quantitative estimate of drug-likeness (QED) is 0.591. The van der Waals surface area contributed by atoms with Crippen molar-refractivity contribution in [1.29, 1.82) is 0 Å². The molecule has 1 aromatic rings. The van der Waals surface area contributed by atoms with Crippen LogP contribution in [-0.2, 0) is 9.05 Å². The zero-order chi connectivity index (χ0) is 12.0. The van der Waals surface area contributed by atoms with Gasteiger partial charge in [0.2, 0.25) is 14.9 Å². The predicted molar refractivity (Wildman–Crippen MR) is 65.8 cm³/mol. The van der Waals surface area contributed by atoms with E-state index in [0.29, 0.717) is 18.2 Å². The first-order valence-corrected chi connectivity index (χ1v) is 8.12. The first-order chi connectivity index (χ1) is 7.51. The second kappa shape index (κ2) is 6.32. The summed E-state index contributed by atoms with van der Waals surface area (Å²) in [5, 5.41) is 0.728. The molecule has 0 N–H and O–H groups in total. The monoisotopic (exact) mass is 281 g/mol. The summed E-state index contributed by atoms with van der Waals surface area (Å²) < 4.78 is 26.6. The molecular weight excluding hydrogens is 270 g/mol. The third-order valence-corrected chi connectivity index (χ3v) is 3.91.